The van der Waals surface area contributed by atoms with Crippen molar-refractivity contribution in [2.45, 2.75) is 108 Å². The lowest BCUT2D eigenvalue weighted by atomic mass is 9.80. The highest BCUT2D eigenvalue weighted by molar-refractivity contribution is 5.22. The largest absolute Gasteiger partial charge is 0.460 e. The Morgan fingerprint density at radius 2 is 0.220 bits per heavy atom. The van der Waals surface area contributed by atoms with Crippen LogP contribution in [0, 0.1) is 0 Å². The number of rotatable bonds is 10. The van der Waals surface area contributed by atoms with E-state index in [4.69, 9.17) is 0 Å². The second kappa shape index (κ2) is 14.6. The van der Waals surface area contributed by atoms with Gasteiger partial charge in [0, 0.05) is 0 Å². The van der Waals surface area contributed by atoms with Crippen LogP contribution in [0.5, 0.6) is 0 Å². The zero-order valence-corrected chi connectivity index (χ0v) is 24.6. The fourth-order valence-electron chi connectivity index (χ4n) is 3.08. The third kappa shape index (κ3) is 7.82. The molecule has 0 aromatic carbocycles. The lowest BCUT2D eigenvalue weighted by Crippen LogP contribution is -2.79. The molecule has 0 heterocycles. The molecule has 0 amide bonds. The summed E-state index contributed by atoms with van der Waals surface area (Å²) < 4.78 is 500. The maximum Gasteiger partial charge on any atom is 0.460 e. The second-order valence-corrected chi connectivity index (χ2v) is 10.0. The van der Waals surface area contributed by atoms with Gasteiger partial charge in [-0.25, -0.2) is 8.78 Å². The van der Waals surface area contributed by atoms with Crippen LogP contribution in [-0.2, 0) is 0 Å². The third-order valence-electron chi connectivity index (χ3n) is 6.30. The average molecular weight is 994 g/mol. The van der Waals surface area contributed by atoms with E-state index in [1.807, 2.05) is 0 Å². The Morgan fingerprint density at radius 3 is 0.322 bits per heavy atom. The van der Waals surface area contributed by atoms with E-state index < -0.39 is 108 Å². The highest BCUT2D eigenvalue weighted by Gasteiger charge is 3.01. The SMILES string of the molecule is FC(F)(F)C(F)(F)C(F)(F)C(F)(F)C(F)(C(F)(F)F)C(F)(F)C(F)(F)C(F)(F)F.FC(F)(F)C(F)(F)C(F)(F)C(F)(F)C(F)(C(F)(F)F)C(F)(F)C(F)(F)C(F)(F)F.O. The molecule has 0 spiro atoms. The molecule has 0 aliphatic rings. The first-order valence-corrected chi connectivity index (χ1v) is 11.6. The van der Waals surface area contributed by atoms with Crippen LogP contribution in [0.3, 0.4) is 0 Å². The van der Waals surface area contributed by atoms with Gasteiger partial charge in [0.25, 0.3) is 0 Å². The van der Waals surface area contributed by atoms with Crippen molar-refractivity contribution in [3.8, 4) is 0 Å². The molecule has 1 nitrogen and oxygen atoms in total. The maximum absolute atomic E-state index is 13.5. The van der Waals surface area contributed by atoms with E-state index in [9.17, 15) is 176 Å². The maximum atomic E-state index is 13.5. The van der Waals surface area contributed by atoms with Crippen molar-refractivity contribution in [2.24, 2.45) is 0 Å². The highest BCUT2D eigenvalue weighted by atomic mass is 19.5. The van der Waals surface area contributed by atoms with Gasteiger partial charge in [0.05, 0.1) is 0 Å². The molecule has 360 valence electrons. The van der Waals surface area contributed by atoms with E-state index in [1.165, 1.54) is 0 Å². The quantitative estimate of drug-likeness (QED) is 0.195. The monoisotopic (exact) mass is 994 g/mol. The molecular formula is C18H2F40O. The Balaban J connectivity index is -0.00000105. The van der Waals surface area contributed by atoms with Gasteiger partial charge >= 0.3 is 108 Å². The Labute approximate surface area is 290 Å². The minimum atomic E-state index is -9.29. The van der Waals surface area contributed by atoms with E-state index in [-0.39, 0.29) is 5.48 Å². The lowest BCUT2D eigenvalue weighted by molar-refractivity contribution is -0.481. The molecule has 0 aromatic heterocycles. The molecule has 0 saturated carbocycles. The van der Waals surface area contributed by atoms with Crippen LogP contribution in [0.15, 0.2) is 0 Å². The smallest absolute Gasteiger partial charge is 0.412 e. The summed E-state index contributed by atoms with van der Waals surface area (Å²) in [6.45, 7) is 0. The summed E-state index contributed by atoms with van der Waals surface area (Å²) in [6, 6.07) is 0. The van der Waals surface area contributed by atoms with E-state index in [1.54, 1.807) is 0 Å². The van der Waals surface area contributed by atoms with E-state index >= 15 is 0 Å². The molecule has 0 aromatic rings. The molecule has 0 radical (unpaired) electrons. The first kappa shape index (κ1) is 60.5. The van der Waals surface area contributed by atoms with Crippen LogP contribution >= 0.6 is 0 Å². The van der Waals surface area contributed by atoms with Crippen LogP contribution in [0.4, 0.5) is 176 Å². The molecule has 0 saturated heterocycles. The van der Waals surface area contributed by atoms with Gasteiger partial charge in [-0.05, 0) is 0 Å². The Morgan fingerprint density at radius 1 is 0.119 bits per heavy atom. The molecule has 2 atom stereocenters. The summed E-state index contributed by atoms with van der Waals surface area (Å²) in [5, 5.41) is 0. The molecule has 2 unspecified atom stereocenters. The molecule has 0 bridgehead atoms. The molecule has 0 aliphatic heterocycles. The van der Waals surface area contributed by atoms with E-state index in [2.05, 4.69) is 0 Å². The van der Waals surface area contributed by atoms with Crippen LogP contribution in [0.25, 0.3) is 0 Å². The Kier molecular flexibility index (Phi) is 15.0. The summed E-state index contributed by atoms with van der Waals surface area (Å²) in [4.78, 5) is 0. The predicted molar refractivity (Wildman–Crippen MR) is 97.1 cm³/mol. The van der Waals surface area contributed by atoms with Gasteiger partial charge in [0.15, 0.2) is 0 Å². The van der Waals surface area contributed by atoms with Crippen molar-refractivity contribution in [1.82, 2.24) is 0 Å². The summed E-state index contributed by atoms with van der Waals surface area (Å²) >= 11 is 0. The summed E-state index contributed by atoms with van der Waals surface area (Å²) in [7, 11) is 0. The second-order valence-electron chi connectivity index (χ2n) is 10.0. The number of alkyl halides is 40. The molecule has 0 rings (SSSR count). The highest BCUT2D eigenvalue weighted by Crippen LogP contribution is 2.69. The molecule has 2 N–H and O–H groups in total. The third-order valence-corrected chi connectivity index (χ3v) is 6.30. The zero-order chi connectivity index (χ0) is 49.0. The number of hydrogen-bond donors (Lipinski definition) is 0. The van der Waals surface area contributed by atoms with Crippen LogP contribution in [0.1, 0.15) is 0 Å². The standard InChI is InChI=1S/2C9F20.H2O/c2*10-1(7(21,22)23,3(13,14)5(17,18)8(24,25)26)2(11,12)4(15,16)6(19,20)9(27,28)29;/h;;1H2. The first-order chi connectivity index (χ1) is 24.0. The Hall–Kier alpha value is -2.84. The van der Waals surface area contributed by atoms with Gasteiger partial charge in [-0.2, -0.15) is 167 Å². The summed E-state index contributed by atoms with van der Waals surface area (Å²) in [5.41, 5.74) is -18.6. The molecular weight excluding hydrogens is 992 g/mol. The zero-order valence-electron chi connectivity index (χ0n) is 24.6. The van der Waals surface area contributed by atoms with E-state index in [0.29, 0.717) is 0 Å². The van der Waals surface area contributed by atoms with Crippen LogP contribution < -0.4 is 0 Å². The van der Waals surface area contributed by atoms with Crippen LogP contribution in [-0.4, -0.2) is 113 Å². The van der Waals surface area contributed by atoms with Crippen molar-refractivity contribution in [2.75, 3.05) is 0 Å². The summed E-state index contributed by atoms with van der Waals surface area (Å²) in [6.07, 6.45) is -49.6. The topological polar surface area (TPSA) is 31.5 Å². The average Bonchev–Trinajstić information content (AvgIpc) is 2.91. The molecule has 59 heavy (non-hydrogen) atoms. The molecule has 0 aliphatic carbocycles. The predicted octanol–water partition coefficient (Wildman–Crippen LogP) is 12.3. The minimum Gasteiger partial charge on any atom is -0.412 e. The van der Waals surface area contributed by atoms with Gasteiger partial charge in [0.1, 0.15) is 0 Å². The first-order valence-electron chi connectivity index (χ1n) is 11.6. The van der Waals surface area contributed by atoms with Gasteiger partial charge in [0.2, 0.25) is 0 Å². The Bertz CT molecular complexity index is 1310. The van der Waals surface area contributed by atoms with Gasteiger partial charge in [-0.1, -0.05) is 0 Å². The van der Waals surface area contributed by atoms with Crippen molar-refractivity contribution < 1.29 is 181 Å². The summed E-state index contributed by atoms with van der Waals surface area (Å²) in [5.74, 6) is -88.8. The minimum absolute atomic E-state index is 0. The van der Waals surface area contributed by atoms with E-state index in [0.717, 1.165) is 0 Å². The number of halogens is 40. The number of hydrogen-bond acceptors (Lipinski definition) is 0. The van der Waals surface area contributed by atoms with Crippen LogP contribution in [0.2, 0.25) is 0 Å². The van der Waals surface area contributed by atoms with Gasteiger partial charge in [-0.3, -0.25) is 0 Å². The molecule has 0 fully saturated rings. The van der Waals surface area contributed by atoms with Gasteiger partial charge in [-0.15, -0.1) is 0 Å². The normalized spacial score (nSPS) is 18.3. The van der Waals surface area contributed by atoms with Gasteiger partial charge < -0.3 is 5.48 Å². The van der Waals surface area contributed by atoms with Crippen molar-refractivity contribution in [3.05, 3.63) is 0 Å². The fourth-order valence-corrected chi connectivity index (χ4v) is 3.08. The lowest BCUT2D eigenvalue weighted by Gasteiger charge is -2.46. The van der Waals surface area contributed by atoms with Crippen molar-refractivity contribution in [3.63, 3.8) is 0 Å². The molecule has 41 heteroatoms. The fraction of sp³-hybridized carbons (Fsp3) is 1.00. The van der Waals surface area contributed by atoms with Crippen molar-refractivity contribution in [1.29, 1.82) is 0 Å². The van der Waals surface area contributed by atoms with Crippen molar-refractivity contribution >= 4 is 0 Å².